The van der Waals surface area contributed by atoms with Crippen LogP contribution in [0.3, 0.4) is 0 Å². The Labute approximate surface area is 160 Å². The third-order valence-corrected chi connectivity index (χ3v) is 5.55. The smallest absolute Gasteiger partial charge is 0.287 e. The topological polar surface area (TPSA) is 146 Å². The highest BCUT2D eigenvalue weighted by molar-refractivity contribution is 7.89. The predicted octanol–water partition coefficient (Wildman–Crippen LogP) is 1.32. The maximum atomic E-state index is 13.4. The van der Waals surface area contributed by atoms with Crippen molar-refractivity contribution in [2.75, 3.05) is 6.26 Å². The molecule has 1 aromatic carbocycles. The van der Waals surface area contributed by atoms with Crippen LogP contribution < -0.4 is 14.8 Å². The Morgan fingerprint density at radius 2 is 2.25 bits per heavy atom. The number of aromatic nitrogens is 2. The van der Waals surface area contributed by atoms with Crippen LogP contribution >= 0.6 is 0 Å². The Balaban J connectivity index is 1.39. The summed E-state index contributed by atoms with van der Waals surface area (Å²) in [6.45, 7) is 0. The van der Waals surface area contributed by atoms with Gasteiger partial charge in [0.2, 0.25) is 11.5 Å². The van der Waals surface area contributed by atoms with E-state index in [-0.39, 0.29) is 41.4 Å². The Hall–Kier alpha value is -2.73. The highest BCUT2D eigenvalue weighted by atomic mass is 32.2. The lowest BCUT2D eigenvalue weighted by Gasteiger charge is -2.35. The van der Waals surface area contributed by atoms with Gasteiger partial charge in [-0.05, 0) is 40.0 Å². The van der Waals surface area contributed by atoms with Crippen LogP contribution in [0.5, 0.6) is 5.88 Å². The van der Waals surface area contributed by atoms with E-state index in [1.54, 1.807) is 6.07 Å². The minimum atomic E-state index is -2.77. The minimum absolute atomic E-state index is 0.00731. The summed E-state index contributed by atoms with van der Waals surface area (Å²) >= 11 is 0. The predicted molar refractivity (Wildman–Crippen MR) is 96.0 cm³/mol. The molecular formula is C16H19FN6O4S. The van der Waals surface area contributed by atoms with Gasteiger partial charge in [-0.3, -0.25) is 0 Å². The van der Waals surface area contributed by atoms with Gasteiger partial charge in [0.25, 0.3) is 5.88 Å². The molecule has 4 rings (SSSR count). The number of nitrogens with one attached hydrogen (secondary N) is 3. The first-order chi connectivity index (χ1) is 13.3. The van der Waals surface area contributed by atoms with Gasteiger partial charge < -0.3 is 15.3 Å². The molecular weight excluding hydrogens is 391 g/mol. The van der Waals surface area contributed by atoms with E-state index in [9.17, 15) is 13.8 Å². The highest BCUT2D eigenvalue weighted by Gasteiger charge is 2.35. The van der Waals surface area contributed by atoms with E-state index in [4.69, 9.17) is 14.1 Å². The molecule has 10 nitrogen and oxygen atoms in total. The summed E-state index contributed by atoms with van der Waals surface area (Å²) in [7, 11) is -2.77. The standard InChI is InChI=1S/C16H19FN6O4S/c1-28(18,25)23-10-6-11(7-10)26-16-14(21-27-22-16)15(20-24)19-13-4-8-2-3-9(17)5-12(8)13/h2-3,5,10-11,13,24H,4,6-7H2,1H3,(H,19,20)(H2,18,23,25)/t10-,11+,13-,28?/m1/s1. The largest absolute Gasteiger partial charge is 0.470 e. The third kappa shape index (κ3) is 3.78. The van der Waals surface area contributed by atoms with Crippen molar-refractivity contribution in [2.45, 2.75) is 37.5 Å². The molecule has 0 saturated heterocycles. The molecule has 2 aliphatic rings. The van der Waals surface area contributed by atoms with Gasteiger partial charge in [0.15, 0.2) is 0 Å². The van der Waals surface area contributed by atoms with Crippen LogP contribution in [-0.4, -0.2) is 44.0 Å². The van der Waals surface area contributed by atoms with Gasteiger partial charge in [-0.15, -0.1) is 0 Å². The lowest BCUT2D eigenvalue weighted by Crippen LogP contribution is -2.48. The molecule has 28 heavy (non-hydrogen) atoms. The molecule has 0 radical (unpaired) electrons. The maximum Gasteiger partial charge on any atom is 0.287 e. The van der Waals surface area contributed by atoms with Gasteiger partial charge >= 0.3 is 0 Å². The molecule has 2 atom stereocenters. The number of fused-ring (bicyclic) bond motifs is 1. The average Bonchev–Trinajstić information content (AvgIpc) is 3.03. The molecule has 0 amide bonds. The first kappa shape index (κ1) is 18.6. The molecule has 1 fully saturated rings. The zero-order chi connectivity index (χ0) is 19.9. The number of halogens is 1. The van der Waals surface area contributed by atoms with E-state index in [1.807, 2.05) is 0 Å². The first-order valence-corrected chi connectivity index (χ1v) is 10.6. The Bertz CT molecular complexity index is 1020. The number of nitrogens with zero attached hydrogens (tertiary/aromatic N) is 3. The fourth-order valence-electron chi connectivity index (χ4n) is 3.35. The number of ether oxygens (including phenoxy) is 1. The molecule has 1 heterocycles. The van der Waals surface area contributed by atoms with E-state index in [0.717, 1.165) is 11.1 Å². The summed E-state index contributed by atoms with van der Waals surface area (Å²) in [5.41, 5.74) is 1.90. The van der Waals surface area contributed by atoms with Crippen molar-refractivity contribution in [3.8, 4) is 5.88 Å². The van der Waals surface area contributed by atoms with Crippen LogP contribution in [0.4, 0.5) is 4.39 Å². The molecule has 1 saturated carbocycles. The van der Waals surface area contributed by atoms with Gasteiger partial charge in [-0.25, -0.2) is 22.7 Å². The first-order valence-electron chi connectivity index (χ1n) is 8.60. The van der Waals surface area contributed by atoms with Crippen LogP contribution in [0.2, 0.25) is 0 Å². The average molecular weight is 410 g/mol. The zero-order valence-electron chi connectivity index (χ0n) is 14.9. The molecule has 2 aromatic rings. The van der Waals surface area contributed by atoms with E-state index >= 15 is 0 Å². The van der Waals surface area contributed by atoms with Gasteiger partial charge in [0.1, 0.15) is 21.8 Å². The molecule has 0 spiro atoms. The van der Waals surface area contributed by atoms with Crippen LogP contribution in [0, 0.1) is 10.6 Å². The molecule has 1 unspecified atom stereocenters. The summed E-state index contributed by atoms with van der Waals surface area (Å²) in [6.07, 6.45) is 2.84. The SMILES string of the molecule is CS(=N)(=O)N[C@H]1C[C@@H](Oc2nonc2/C(=N\O)N[C@@H]2Cc3ccc(F)cc32)C1. The van der Waals surface area contributed by atoms with Crippen LogP contribution in [0.15, 0.2) is 28.0 Å². The second-order valence-electron chi connectivity index (χ2n) is 6.98. The second kappa shape index (κ2) is 7.02. The van der Waals surface area contributed by atoms with Gasteiger partial charge in [0, 0.05) is 25.1 Å². The quantitative estimate of drug-likeness (QED) is 0.243. The molecule has 0 bridgehead atoms. The van der Waals surface area contributed by atoms with Crippen molar-refractivity contribution in [1.29, 1.82) is 4.78 Å². The van der Waals surface area contributed by atoms with Crippen LogP contribution in [0.25, 0.3) is 0 Å². The second-order valence-corrected chi connectivity index (χ2v) is 8.90. The number of benzene rings is 1. The number of hydrogen-bond donors (Lipinski definition) is 4. The van der Waals surface area contributed by atoms with E-state index < -0.39 is 9.92 Å². The number of amidine groups is 1. The molecule has 12 heteroatoms. The van der Waals surface area contributed by atoms with Gasteiger partial charge in [-0.2, -0.15) is 0 Å². The van der Waals surface area contributed by atoms with Gasteiger partial charge in [-0.1, -0.05) is 11.2 Å². The van der Waals surface area contributed by atoms with Crippen molar-refractivity contribution >= 4 is 15.8 Å². The number of hydrogen-bond acceptors (Lipinski definition) is 8. The fourth-order valence-corrected chi connectivity index (χ4v) is 4.18. The van der Waals surface area contributed by atoms with Crippen molar-refractivity contribution in [3.05, 3.63) is 40.8 Å². The summed E-state index contributed by atoms with van der Waals surface area (Å²) in [4.78, 5) is 0. The van der Waals surface area contributed by atoms with Crippen molar-refractivity contribution in [3.63, 3.8) is 0 Å². The van der Waals surface area contributed by atoms with Gasteiger partial charge in [0.05, 0.1) is 6.04 Å². The third-order valence-electron chi connectivity index (χ3n) is 4.77. The zero-order valence-corrected chi connectivity index (χ0v) is 15.7. The Kier molecular flexibility index (Phi) is 4.67. The molecule has 0 aliphatic heterocycles. The highest BCUT2D eigenvalue weighted by Crippen LogP contribution is 2.34. The van der Waals surface area contributed by atoms with E-state index in [2.05, 4.69) is 25.5 Å². The maximum absolute atomic E-state index is 13.4. The Morgan fingerprint density at radius 1 is 1.46 bits per heavy atom. The molecule has 4 N–H and O–H groups in total. The number of oxime groups is 1. The Morgan fingerprint density at radius 3 is 2.96 bits per heavy atom. The van der Waals surface area contributed by atoms with Crippen LogP contribution in [-0.2, 0) is 16.3 Å². The molecule has 2 aliphatic carbocycles. The monoisotopic (exact) mass is 410 g/mol. The van der Waals surface area contributed by atoms with E-state index in [0.29, 0.717) is 19.3 Å². The summed E-state index contributed by atoms with van der Waals surface area (Å²) in [5, 5.41) is 23.0. The summed E-state index contributed by atoms with van der Waals surface area (Å²) in [6, 6.07) is 4.25. The van der Waals surface area contributed by atoms with E-state index in [1.165, 1.54) is 18.4 Å². The van der Waals surface area contributed by atoms with Crippen molar-refractivity contribution in [1.82, 2.24) is 20.4 Å². The normalized spacial score (nSPS) is 25.8. The lowest BCUT2D eigenvalue weighted by molar-refractivity contribution is 0.0850. The fraction of sp³-hybridized carbons (Fsp3) is 0.438. The molecule has 1 aromatic heterocycles. The minimum Gasteiger partial charge on any atom is -0.470 e. The molecule has 150 valence electrons. The number of rotatable bonds is 6. The van der Waals surface area contributed by atoms with Crippen LogP contribution in [0.1, 0.15) is 35.7 Å². The lowest BCUT2D eigenvalue weighted by atomic mass is 9.83. The van der Waals surface area contributed by atoms with Crippen molar-refractivity contribution in [2.24, 2.45) is 5.16 Å². The summed E-state index contributed by atoms with van der Waals surface area (Å²) < 4.78 is 45.4. The van der Waals surface area contributed by atoms with Crippen molar-refractivity contribution < 1.29 is 23.2 Å². The summed E-state index contributed by atoms with van der Waals surface area (Å²) in [5.74, 6) is -0.268.